The summed E-state index contributed by atoms with van der Waals surface area (Å²) in [5, 5.41) is 13.9. The molecule has 1 amide bonds. The van der Waals surface area contributed by atoms with Crippen molar-refractivity contribution < 1.29 is 9.72 Å². The van der Waals surface area contributed by atoms with E-state index in [-0.39, 0.29) is 22.3 Å². The first kappa shape index (κ1) is 15.7. The van der Waals surface area contributed by atoms with E-state index in [0.29, 0.717) is 0 Å². The summed E-state index contributed by atoms with van der Waals surface area (Å²) in [5.41, 5.74) is -0.319. The van der Waals surface area contributed by atoms with E-state index in [1.807, 2.05) is 0 Å². The van der Waals surface area contributed by atoms with Crippen LogP contribution < -0.4 is 5.32 Å². The molecule has 114 valence electrons. The largest absolute Gasteiger partial charge is 0.348 e. The Kier molecular flexibility index (Phi) is 5.14. The van der Waals surface area contributed by atoms with Crippen LogP contribution in [-0.4, -0.2) is 41.4 Å². The number of hydrogen-bond acceptors (Lipinski definition) is 4. The van der Waals surface area contributed by atoms with E-state index in [0.717, 1.165) is 32.5 Å². The Morgan fingerprint density at radius 1 is 1.57 bits per heavy atom. The zero-order valence-electron chi connectivity index (χ0n) is 11.8. The Morgan fingerprint density at radius 3 is 3.00 bits per heavy atom. The molecule has 1 saturated heterocycles. The third-order valence-electron chi connectivity index (χ3n) is 3.70. The molecule has 0 spiro atoms. The van der Waals surface area contributed by atoms with Gasteiger partial charge in [0.1, 0.15) is 10.6 Å². The Balaban J connectivity index is 2.14. The van der Waals surface area contributed by atoms with Crippen LogP contribution >= 0.6 is 11.6 Å². The summed E-state index contributed by atoms with van der Waals surface area (Å²) in [6, 6.07) is 4.41. The maximum atomic E-state index is 12.3. The number of rotatable bonds is 4. The number of nitrogens with zero attached hydrogens (tertiary/aromatic N) is 2. The highest BCUT2D eigenvalue weighted by atomic mass is 35.5. The molecule has 0 radical (unpaired) electrons. The Labute approximate surface area is 128 Å². The van der Waals surface area contributed by atoms with Crippen LogP contribution in [0.25, 0.3) is 0 Å². The van der Waals surface area contributed by atoms with E-state index in [1.54, 1.807) is 6.07 Å². The highest BCUT2D eigenvalue weighted by molar-refractivity contribution is 6.33. The van der Waals surface area contributed by atoms with E-state index >= 15 is 0 Å². The van der Waals surface area contributed by atoms with Crippen LogP contribution in [0.5, 0.6) is 0 Å². The van der Waals surface area contributed by atoms with Gasteiger partial charge in [-0.25, -0.2) is 0 Å². The van der Waals surface area contributed by atoms with E-state index in [1.165, 1.54) is 12.1 Å². The number of carbonyl (C=O) groups excluding carboxylic acids is 1. The molecule has 1 aliphatic heterocycles. The van der Waals surface area contributed by atoms with Crippen molar-refractivity contribution in [2.45, 2.75) is 25.8 Å². The lowest BCUT2D eigenvalue weighted by molar-refractivity contribution is -0.385. The molecule has 1 N–H and O–H groups in total. The predicted molar refractivity (Wildman–Crippen MR) is 80.7 cm³/mol. The fraction of sp³-hybridized carbons (Fsp3) is 0.500. The maximum Gasteiger partial charge on any atom is 0.300 e. The molecule has 1 aromatic carbocycles. The molecule has 1 aliphatic rings. The van der Waals surface area contributed by atoms with Crippen LogP contribution in [0.1, 0.15) is 30.1 Å². The third kappa shape index (κ3) is 3.71. The number of nitro groups is 1. The minimum Gasteiger partial charge on any atom is -0.348 e. The molecule has 0 saturated carbocycles. The highest BCUT2D eigenvalue weighted by Crippen LogP contribution is 2.28. The molecular weight excluding hydrogens is 294 g/mol. The van der Waals surface area contributed by atoms with Gasteiger partial charge < -0.3 is 10.2 Å². The predicted octanol–water partition coefficient (Wildman–Crippen LogP) is 2.46. The van der Waals surface area contributed by atoms with Crippen molar-refractivity contribution in [1.29, 1.82) is 0 Å². The summed E-state index contributed by atoms with van der Waals surface area (Å²) in [5.74, 6) is -0.438. The minimum absolute atomic E-state index is 0.0149. The van der Waals surface area contributed by atoms with Crippen molar-refractivity contribution in [3.05, 3.63) is 38.9 Å². The van der Waals surface area contributed by atoms with Crippen LogP contribution in [-0.2, 0) is 0 Å². The number of para-hydroxylation sites is 1. The molecule has 1 heterocycles. The molecule has 6 nitrogen and oxygen atoms in total. The lowest BCUT2D eigenvalue weighted by Gasteiger charge is -2.32. The van der Waals surface area contributed by atoms with Crippen LogP contribution in [0.2, 0.25) is 5.02 Å². The van der Waals surface area contributed by atoms with Crippen molar-refractivity contribution >= 4 is 23.2 Å². The van der Waals surface area contributed by atoms with Gasteiger partial charge in [0.15, 0.2) is 0 Å². The van der Waals surface area contributed by atoms with Gasteiger partial charge >= 0.3 is 5.69 Å². The van der Waals surface area contributed by atoms with E-state index < -0.39 is 10.8 Å². The van der Waals surface area contributed by atoms with Gasteiger partial charge in [0.25, 0.3) is 5.91 Å². The molecular formula is C14H18ClN3O3. The number of hydrogen-bond donors (Lipinski definition) is 1. The summed E-state index contributed by atoms with van der Waals surface area (Å²) in [6.45, 7) is 4.81. The maximum absolute atomic E-state index is 12.3. The fourth-order valence-electron chi connectivity index (χ4n) is 2.61. The van der Waals surface area contributed by atoms with Gasteiger partial charge in [-0.1, -0.05) is 24.6 Å². The smallest absolute Gasteiger partial charge is 0.300 e. The number of piperidine rings is 1. The zero-order valence-corrected chi connectivity index (χ0v) is 12.6. The Bertz CT molecular complexity index is 550. The van der Waals surface area contributed by atoms with Crippen molar-refractivity contribution in [1.82, 2.24) is 10.2 Å². The first-order chi connectivity index (χ1) is 10.0. The number of nitro benzene ring substituents is 1. The second kappa shape index (κ2) is 6.87. The summed E-state index contributed by atoms with van der Waals surface area (Å²) in [4.78, 5) is 25.0. The third-order valence-corrected chi connectivity index (χ3v) is 4.01. The number of carbonyl (C=O) groups is 1. The van der Waals surface area contributed by atoms with Gasteiger partial charge in [-0.2, -0.15) is 0 Å². The minimum atomic E-state index is -0.615. The number of benzene rings is 1. The van der Waals surface area contributed by atoms with Crippen molar-refractivity contribution in [3.8, 4) is 0 Å². The average Bonchev–Trinajstić information content (AvgIpc) is 2.46. The molecule has 1 fully saturated rings. The standard InChI is InChI=1S/C14H18ClN3O3/c1-2-17-8-4-5-10(9-17)16-14(19)11-6-3-7-12(15)13(11)18(20)21/h3,6-7,10H,2,4-5,8-9H2,1H3,(H,16,19). The lowest BCUT2D eigenvalue weighted by Crippen LogP contribution is -2.47. The SMILES string of the molecule is CCN1CCCC(NC(=O)c2cccc(Cl)c2[N+](=O)[O-])C1. The first-order valence-electron chi connectivity index (χ1n) is 6.99. The number of amides is 1. The highest BCUT2D eigenvalue weighted by Gasteiger charge is 2.26. The van der Waals surface area contributed by atoms with E-state index in [9.17, 15) is 14.9 Å². The van der Waals surface area contributed by atoms with Crippen LogP contribution in [0, 0.1) is 10.1 Å². The van der Waals surface area contributed by atoms with Gasteiger partial charge in [-0.3, -0.25) is 14.9 Å². The number of nitrogens with one attached hydrogen (secondary N) is 1. The number of likely N-dealkylation sites (tertiary alicyclic amines) is 1. The fourth-order valence-corrected chi connectivity index (χ4v) is 2.85. The van der Waals surface area contributed by atoms with Gasteiger partial charge in [0.05, 0.1) is 4.92 Å². The van der Waals surface area contributed by atoms with Crippen molar-refractivity contribution in [2.24, 2.45) is 0 Å². The molecule has 2 rings (SSSR count). The monoisotopic (exact) mass is 311 g/mol. The number of likely N-dealkylation sites (N-methyl/N-ethyl adjacent to an activating group) is 1. The van der Waals surface area contributed by atoms with Crippen molar-refractivity contribution in [3.63, 3.8) is 0 Å². The van der Waals surface area contributed by atoms with Crippen LogP contribution in [0.3, 0.4) is 0 Å². The molecule has 0 aromatic heterocycles. The quantitative estimate of drug-likeness (QED) is 0.684. The molecule has 0 aliphatic carbocycles. The Morgan fingerprint density at radius 2 is 2.33 bits per heavy atom. The van der Waals surface area contributed by atoms with E-state index in [2.05, 4.69) is 17.1 Å². The summed E-state index contributed by atoms with van der Waals surface area (Å²) < 4.78 is 0. The van der Waals surface area contributed by atoms with E-state index in [4.69, 9.17) is 11.6 Å². The molecule has 7 heteroatoms. The summed E-state index contributed by atoms with van der Waals surface area (Å²) >= 11 is 5.83. The first-order valence-corrected chi connectivity index (χ1v) is 7.36. The molecule has 1 aromatic rings. The van der Waals surface area contributed by atoms with Gasteiger partial charge in [0, 0.05) is 12.6 Å². The van der Waals surface area contributed by atoms with Crippen LogP contribution in [0.4, 0.5) is 5.69 Å². The Hall–Kier alpha value is -1.66. The summed E-state index contributed by atoms with van der Waals surface area (Å²) in [6.07, 6.45) is 1.90. The molecule has 0 bridgehead atoms. The second-order valence-electron chi connectivity index (χ2n) is 5.10. The topological polar surface area (TPSA) is 75.5 Å². The molecule has 1 atom stereocenters. The van der Waals surface area contributed by atoms with Gasteiger partial charge in [-0.15, -0.1) is 0 Å². The van der Waals surface area contributed by atoms with Gasteiger partial charge in [-0.05, 0) is 38.1 Å². The molecule has 21 heavy (non-hydrogen) atoms. The zero-order chi connectivity index (χ0) is 15.4. The van der Waals surface area contributed by atoms with Crippen LogP contribution in [0.15, 0.2) is 18.2 Å². The normalized spacial score (nSPS) is 19.2. The lowest BCUT2D eigenvalue weighted by atomic mass is 10.0. The molecule has 1 unspecified atom stereocenters. The summed E-state index contributed by atoms with van der Waals surface area (Å²) in [7, 11) is 0. The average molecular weight is 312 g/mol. The van der Waals surface area contributed by atoms with Gasteiger partial charge in [0.2, 0.25) is 0 Å². The second-order valence-corrected chi connectivity index (χ2v) is 5.51. The number of halogens is 1. The van der Waals surface area contributed by atoms with Crippen molar-refractivity contribution in [2.75, 3.05) is 19.6 Å².